The van der Waals surface area contributed by atoms with Gasteiger partial charge in [-0.15, -0.1) is 0 Å². The van der Waals surface area contributed by atoms with Gasteiger partial charge in [-0.1, -0.05) is 11.6 Å². The summed E-state index contributed by atoms with van der Waals surface area (Å²) in [7, 11) is 0. The number of alkyl halides is 2. The average molecular weight is 566 g/mol. The first-order valence-corrected chi connectivity index (χ1v) is 13.4. The van der Waals surface area contributed by atoms with Crippen LogP contribution in [0.2, 0.25) is 5.02 Å². The van der Waals surface area contributed by atoms with Gasteiger partial charge in [-0.3, -0.25) is 14.3 Å². The van der Waals surface area contributed by atoms with Crippen LogP contribution in [0, 0.1) is 12.8 Å². The van der Waals surface area contributed by atoms with E-state index < -0.39 is 18.0 Å². The van der Waals surface area contributed by atoms with Crippen molar-refractivity contribution in [3.8, 4) is 5.69 Å². The molecule has 9 nitrogen and oxygen atoms in total. The van der Waals surface area contributed by atoms with E-state index in [1.807, 2.05) is 31.3 Å². The van der Waals surface area contributed by atoms with Gasteiger partial charge in [0, 0.05) is 36.6 Å². The number of carbonyl (C=O) groups excluding carboxylic acids is 1. The second kappa shape index (κ2) is 10.5. The average Bonchev–Trinajstić information content (AvgIpc) is 3.45. The Morgan fingerprint density at radius 2 is 1.98 bits per heavy atom. The van der Waals surface area contributed by atoms with Crippen molar-refractivity contribution < 1.29 is 13.6 Å². The van der Waals surface area contributed by atoms with E-state index in [0.717, 1.165) is 41.2 Å². The van der Waals surface area contributed by atoms with Gasteiger partial charge in [0.25, 0.3) is 12.3 Å². The zero-order chi connectivity index (χ0) is 28.0. The van der Waals surface area contributed by atoms with Crippen LogP contribution in [-0.2, 0) is 6.54 Å². The van der Waals surface area contributed by atoms with Crippen molar-refractivity contribution in [1.82, 2.24) is 34.4 Å². The first kappa shape index (κ1) is 26.1. The summed E-state index contributed by atoms with van der Waals surface area (Å²) in [6, 6.07) is 6.69. The third-order valence-electron chi connectivity index (χ3n) is 7.63. The van der Waals surface area contributed by atoms with Crippen molar-refractivity contribution in [2.45, 2.75) is 51.6 Å². The highest BCUT2D eigenvalue weighted by Gasteiger charge is 2.27. The summed E-state index contributed by atoms with van der Waals surface area (Å²) in [6.45, 7) is 2.48. The van der Waals surface area contributed by atoms with E-state index >= 15 is 0 Å². The molecule has 5 heterocycles. The van der Waals surface area contributed by atoms with Gasteiger partial charge in [0.15, 0.2) is 5.65 Å². The smallest absolute Gasteiger partial charge is 0.335 e. The van der Waals surface area contributed by atoms with Crippen LogP contribution in [0.5, 0.6) is 0 Å². The van der Waals surface area contributed by atoms with Crippen molar-refractivity contribution in [2.75, 3.05) is 0 Å². The summed E-state index contributed by atoms with van der Waals surface area (Å²) in [5, 5.41) is 3.92. The molecule has 6 rings (SSSR count). The van der Waals surface area contributed by atoms with Gasteiger partial charge in [0.1, 0.15) is 11.3 Å². The SMILES string of the molecule is Cc1c[nH]c2ncc(-n3c(=O)n(CC4CCC(NC(=O)c5cc(Cl)cnc5C(F)F)CC4)c4cccnc43)cc12. The Hall–Kier alpha value is -4.12. The topological polar surface area (TPSA) is 110 Å². The number of aryl methyl sites for hydroxylation is 1. The number of nitrogens with one attached hydrogen (secondary N) is 2. The zero-order valence-corrected chi connectivity index (χ0v) is 22.3. The Morgan fingerprint density at radius 1 is 1.18 bits per heavy atom. The van der Waals surface area contributed by atoms with Crippen molar-refractivity contribution in [3.63, 3.8) is 0 Å². The van der Waals surface area contributed by atoms with Crippen LogP contribution in [0.25, 0.3) is 27.9 Å². The van der Waals surface area contributed by atoms with Gasteiger partial charge in [-0.2, -0.15) is 0 Å². The largest absolute Gasteiger partial charge is 0.349 e. The molecule has 0 radical (unpaired) electrons. The highest BCUT2D eigenvalue weighted by Crippen LogP contribution is 2.29. The molecule has 0 spiro atoms. The number of halogens is 3. The molecule has 1 aliphatic carbocycles. The highest BCUT2D eigenvalue weighted by atomic mass is 35.5. The minimum atomic E-state index is -2.88. The van der Waals surface area contributed by atoms with Crippen molar-refractivity contribution in [1.29, 1.82) is 0 Å². The van der Waals surface area contributed by atoms with Crippen molar-refractivity contribution in [3.05, 3.63) is 81.4 Å². The summed E-state index contributed by atoms with van der Waals surface area (Å²) < 4.78 is 30.1. The highest BCUT2D eigenvalue weighted by molar-refractivity contribution is 6.30. The third kappa shape index (κ3) is 4.74. The molecule has 0 unspecified atom stereocenters. The van der Waals surface area contributed by atoms with Crippen LogP contribution in [0.1, 0.15) is 53.7 Å². The van der Waals surface area contributed by atoms with E-state index in [1.165, 1.54) is 6.07 Å². The molecule has 1 amide bonds. The number of aromatic nitrogens is 6. The quantitative estimate of drug-likeness (QED) is 0.288. The monoisotopic (exact) mass is 565 g/mol. The number of imidazole rings is 1. The summed E-state index contributed by atoms with van der Waals surface area (Å²) in [6.07, 6.45) is 6.28. The predicted molar refractivity (Wildman–Crippen MR) is 147 cm³/mol. The Bertz CT molecular complexity index is 1790. The van der Waals surface area contributed by atoms with E-state index in [9.17, 15) is 18.4 Å². The number of fused-ring (bicyclic) bond motifs is 2. The maximum Gasteiger partial charge on any atom is 0.335 e. The van der Waals surface area contributed by atoms with Gasteiger partial charge in [0.05, 0.1) is 28.0 Å². The van der Waals surface area contributed by atoms with Gasteiger partial charge in [0.2, 0.25) is 0 Å². The van der Waals surface area contributed by atoms with E-state index in [2.05, 4.69) is 25.3 Å². The molecule has 12 heteroatoms. The van der Waals surface area contributed by atoms with E-state index in [-0.39, 0.29) is 28.2 Å². The number of pyridine rings is 3. The number of H-pyrrole nitrogens is 1. The lowest BCUT2D eigenvalue weighted by atomic mass is 9.85. The number of aromatic amines is 1. The minimum absolute atomic E-state index is 0.122. The normalized spacial score (nSPS) is 17.6. The number of hydrogen-bond donors (Lipinski definition) is 2. The van der Waals surface area contributed by atoms with Gasteiger partial charge >= 0.3 is 5.69 Å². The third-order valence-corrected chi connectivity index (χ3v) is 7.84. The molecule has 0 bridgehead atoms. The molecule has 1 saturated carbocycles. The number of nitrogens with zero attached hydrogens (tertiary/aromatic N) is 5. The molecule has 2 N–H and O–H groups in total. The molecule has 0 aliphatic heterocycles. The zero-order valence-electron chi connectivity index (χ0n) is 21.6. The summed E-state index contributed by atoms with van der Waals surface area (Å²) in [4.78, 5) is 42.2. The van der Waals surface area contributed by atoms with Crippen LogP contribution in [0.15, 0.2) is 53.8 Å². The number of amides is 1. The van der Waals surface area contributed by atoms with Crippen molar-refractivity contribution in [2.24, 2.45) is 5.92 Å². The van der Waals surface area contributed by atoms with Gasteiger partial charge in [-0.25, -0.2) is 28.1 Å². The Labute approximate surface area is 232 Å². The lowest BCUT2D eigenvalue weighted by Crippen LogP contribution is -2.39. The second-order valence-corrected chi connectivity index (χ2v) is 10.7. The van der Waals surface area contributed by atoms with Crippen LogP contribution in [0.4, 0.5) is 8.78 Å². The predicted octanol–water partition coefficient (Wildman–Crippen LogP) is 5.35. The lowest BCUT2D eigenvalue weighted by Gasteiger charge is -2.29. The number of rotatable bonds is 6. The first-order chi connectivity index (χ1) is 19.3. The van der Waals surface area contributed by atoms with Gasteiger partial charge < -0.3 is 10.3 Å². The molecule has 0 saturated heterocycles. The molecule has 5 aromatic rings. The maximum absolute atomic E-state index is 13.7. The van der Waals surface area contributed by atoms with E-state index in [4.69, 9.17) is 11.6 Å². The fourth-order valence-electron chi connectivity index (χ4n) is 5.56. The molecular formula is C28H26ClF2N7O2. The number of hydrogen-bond acceptors (Lipinski definition) is 5. The Balaban J connectivity index is 1.20. The molecule has 5 aromatic heterocycles. The summed E-state index contributed by atoms with van der Waals surface area (Å²) >= 11 is 5.90. The van der Waals surface area contributed by atoms with Crippen LogP contribution >= 0.6 is 11.6 Å². The fraction of sp³-hybridized carbons (Fsp3) is 0.321. The molecule has 1 fully saturated rings. The summed E-state index contributed by atoms with van der Waals surface area (Å²) in [5.41, 5.74) is 2.76. The van der Waals surface area contributed by atoms with Crippen molar-refractivity contribution >= 4 is 39.7 Å². The molecule has 0 aromatic carbocycles. The second-order valence-electron chi connectivity index (χ2n) is 10.2. The maximum atomic E-state index is 13.7. The van der Waals surface area contributed by atoms with E-state index in [1.54, 1.807) is 21.5 Å². The first-order valence-electron chi connectivity index (χ1n) is 13.0. The summed E-state index contributed by atoms with van der Waals surface area (Å²) in [5.74, 6) is -0.413. The molecule has 206 valence electrons. The lowest BCUT2D eigenvalue weighted by molar-refractivity contribution is 0.0904. The Morgan fingerprint density at radius 3 is 2.75 bits per heavy atom. The van der Waals surface area contributed by atoms with Crippen LogP contribution in [0.3, 0.4) is 0 Å². The molecule has 1 aliphatic rings. The fourth-order valence-corrected chi connectivity index (χ4v) is 5.72. The van der Waals surface area contributed by atoms with Crippen LogP contribution in [-0.4, -0.2) is 41.0 Å². The van der Waals surface area contributed by atoms with Crippen LogP contribution < -0.4 is 11.0 Å². The van der Waals surface area contributed by atoms with E-state index in [0.29, 0.717) is 30.7 Å². The molecule has 0 atom stereocenters. The molecule has 40 heavy (non-hydrogen) atoms. The Kier molecular flexibility index (Phi) is 6.83. The number of carbonyl (C=O) groups is 1. The standard InChI is InChI=1S/C28H26ClF2N7O2/c1-15-11-34-25-20(15)10-19(13-35-25)38-26-22(3-2-8-32-26)37(28(38)40)14-16-4-6-18(7-5-16)36-27(39)21-9-17(29)12-33-23(21)24(30)31/h2-3,8-13,16,18,24H,4-7,14H2,1H3,(H,34,35)(H,36,39). The molecular weight excluding hydrogens is 540 g/mol. The minimum Gasteiger partial charge on any atom is -0.349 e. The van der Waals surface area contributed by atoms with Gasteiger partial charge in [-0.05, 0) is 68.4 Å².